The Morgan fingerprint density at radius 3 is 2.27 bits per heavy atom. The fourth-order valence-corrected chi connectivity index (χ4v) is 1.50. The van der Waals surface area contributed by atoms with Crippen LogP contribution in [0.1, 0.15) is 10.4 Å². The number of rotatable bonds is 2. The molecule has 0 aliphatic rings. The first-order chi connectivity index (χ1) is 7.31. The Kier molecular flexibility index (Phi) is 2.50. The molecule has 15 heavy (non-hydrogen) atoms. The first-order valence-electron chi connectivity index (χ1n) is 4.65. The third-order valence-corrected chi connectivity index (χ3v) is 2.27. The summed E-state index contributed by atoms with van der Waals surface area (Å²) in [6.45, 7) is 0. The van der Waals surface area contributed by atoms with Crippen molar-refractivity contribution in [3.63, 3.8) is 0 Å². The Bertz CT molecular complexity index is 472. The Morgan fingerprint density at radius 2 is 1.60 bits per heavy atom. The van der Waals surface area contributed by atoms with Crippen LogP contribution in [0, 0.1) is 0 Å². The van der Waals surface area contributed by atoms with E-state index in [9.17, 15) is 4.79 Å². The van der Waals surface area contributed by atoms with Gasteiger partial charge in [-0.2, -0.15) is 0 Å². The zero-order valence-electron chi connectivity index (χ0n) is 8.05. The number of benzene rings is 2. The van der Waals surface area contributed by atoms with Gasteiger partial charge < -0.3 is 5.11 Å². The molecule has 1 N–H and O–H groups in total. The van der Waals surface area contributed by atoms with Crippen molar-refractivity contribution >= 4 is 6.29 Å². The summed E-state index contributed by atoms with van der Waals surface area (Å²) >= 11 is 0. The molecule has 0 aromatic heterocycles. The molecule has 0 saturated carbocycles. The molecule has 74 valence electrons. The van der Waals surface area contributed by atoms with E-state index in [-0.39, 0.29) is 5.75 Å². The van der Waals surface area contributed by atoms with E-state index >= 15 is 0 Å². The Balaban J connectivity index is 2.53. The monoisotopic (exact) mass is 198 g/mol. The van der Waals surface area contributed by atoms with Gasteiger partial charge in [0.05, 0.1) is 0 Å². The Morgan fingerprint density at radius 1 is 0.933 bits per heavy atom. The molecule has 0 radical (unpaired) electrons. The van der Waals surface area contributed by atoms with Crippen LogP contribution in [-0.4, -0.2) is 11.4 Å². The first kappa shape index (κ1) is 9.46. The van der Waals surface area contributed by atoms with Crippen molar-refractivity contribution in [3.8, 4) is 16.9 Å². The molecular formula is C13H10O2. The summed E-state index contributed by atoms with van der Waals surface area (Å²) in [5, 5.41) is 9.16. The van der Waals surface area contributed by atoms with Gasteiger partial charge in [0.15, 0.2) is 6.29 Å². The molecule has 0 bridgehead atoms. The summed E-state index contributed by atoms with van der Waals surface area (Å²) in [5.74, 6) is 0.224. The third kappa shape index (κ3) is 1.89. The van der Waals surface area contributed by atoms with Crippen molar-refractivity contribution in [1.82, 2.24) is 0 Å². The highest BCUT2D eigenvalue weighted by atomic mass is 16.3. The van der Waals surface area contributed by atoms with E-state index in [0.717, 1.165) is 17.4 Å². The topological polar surface area (TPSA) is 37.3 Å². The summed E-state index contributed by atoms with van der Waals surface area (Å²) in [5.41, 5.74) is 2.46. The van der Waals surface area contributed by atoms with E-state index in [2.05, 4.69) is 0 Å². The molecule has 2 rings (SSSR count). The van der Waals surface area contributed by atoms with Crippen molar-refractivity contribution in [3.05, 3.63) is 54.1 Å². The van der Waals surface area contributed by atoms with Gasteiger partial charge in [0.1, 0.15) is 5.75 Å². The van der Waals surface area contributed by atoms with Gasteiger partial charge >= 0.3 is 0 Å². The largest absolute Gasteiger partial charge is 0.508 e. The van der Waals surface area contributed by atoms with E-state index in [1.807, 2.05) is 18.2 Å². The number of carbonyl (C=O) groups is 1. The zero-order valence-corrected chi connectivity index (χ0v) is 8.05. The van der Waals surface area contributed by atoms with Crippen LogP contribution in [0.15, 0.2) is 48.5 Å². The highest BCUT2D eigenvalue weighted by Gasteiger charge is 2.02. The maximum atomic E-state index is 10.8. The molecule has 0 fully saturated rings. The van der Waals surface area contributed by atoms with Gasteiger partial charge in [0, 0.05) is 5.56 Å². The zero-order chi connectivity index (χ0) is 10.7. The molecule has 0 heterocycles. The van der Waals surface area contributed by atoms with Gasteiger partial charge in [-0.1, -0.05) is 36.4 Å². The SMILES string of the molecule is O=Cc1ccccc1-c1ccc(O)cc1. The van der Waals surface area contributed by atoms with Crippen molar-refractivity contribution in [2.45, 2.75) is 0 Å². The molecule has 2 nitrogen and oxygen atoms in total. The summed E-state index contributed by atoms with van der Waals surface area (Å²) in [7, 11) is 0. The van der Waals surface area contributed by atoms with Crippen LogP contribution in [0.3, 0.4) is 0 Å². The van der Waals surface area contributed by atoms with Crippen molar-refractivity contribution in [1.29, 1.82) is 0 Å². The van der Waals surface area contributed by atoms with Crippen LogP contribution in [0.2, 0.25) is 0 Å². The number of carbonyl (C=O) groups excluding carboxylic acids is 1. The van der Waals surface area contributed by atoms with Crippen LogP contribution in [0.4, 0.5) is 0 Å². The van der Waals surface area contributed by atoms with E-state index in [0.29, 0.717) is 5.56 Å². The fourth-order valence-electron chi connectivity index (χ4n) is 1.50. The number of aromatic hydroxyl groups is 1. The number of phenols is 1. The van der Waals surface area contributed by atoms with Gasteiger partial charge in [-0.15, -0.1) is 0 Å². The van der Waals surface area contributed by atoms with E-state index in [4.69, 9.17) is 5.11 Å². The van der Waals surface area contributed by atoms with Crippen LogP contribution < -0.4 is 0 Å². The minimum atomic E-state index is 0.224. The third-order valence-electron chi connectivity index (χ3n) is 2.27. The normalized spacial score (nSPS) is 9.87. The lowest BCUT2D eigenvalue weighted by Gasteiger charge is -2.04. The highest BCUT2D eigenvalue weighted by Crippen LogP contribution is 2.24. The summed E-state index contributed by atoms with van der Waals surface area (Å²) in [4.78, 5) is 10.8. The molecule has 2 heteroatoms. The summed E-state index contributed by atoms with van der Waals surface area (Å²) in [6, 6.07) is 14.2. The molecule has 0 saturated heterocycles. The lowest BCUT2D eigenvalue weighted by atomic mass is 10.0. The molecule has 0 aliphatic heterocycles. The lowest BCUT2D eigenvalue weighted by molar-refractivity contribution is 0.112. The van der Waals surface area contributed by atoms with Gasteiger partial charge in [-0.3, -0.25) is 4.79 Å². The second kappa shape index (κ2) is 3.96. The maximum absolute atomic E-state index is 10.8. The lowest BCUT2D eigenvalue weighted by Crippen LogP contribution is -1.85. The quantitative estimate of drug-likeness (QED) is 0.753. The number of phenolic OH excluding ortho intramolecular Hbond substituents is 1. The van der Waals surface area contributed by atoms with Crippen molar-refractivity contribution in [2.24, 2.45) is 0 Å². The Labute approximate surface area is 87.8 Å². The fraction of sp³-hybridized carbons (Fsp3) is 0. The van der Waals surface area contributed by atoms with Gasteiger partial charge in [0.2, 0.25) is 0 Å². The summed E-state index contributed by atoms with van der Waals surface area (Å²) in [6.07, 6.45) is 0.836. The van der Waals surface area contributed by atoms with Crippen LogP contribution in [0.25, 0.3) is 11.1 Å². The predicted molar refractivity (Wildman–Crippen MR) is 58.9 cm³/mol. The van der Waals surface area contributed by atoms with Crippen LogP contribution in [-0.2, 0) is 0 Å². The maximum Gasteiger partial charge on any atom is 0.150 e. The van der Waals surface area contributed by atoms with Gasteiger partial charge in [0.25, 0.3) is 0 Å². The average Bonchev–Trinajstić information content (AvgIpc) is 2.30. The molecule has 0 amide bonds. The predicted octanol–water partition coefficient (Wildman–Crippen LogP) is 2.87. The number of aldehydes is 1. The standard InChI is InChI=1S/C13H10O2/c14-9-11-3-1-2-4-13(11)10-5-7-12(15)8-6-10/h1-9,15H. The van der Waals surface area contributed by atoms with E-state index in [1.54, 1.807) is 30.3 Å². The smallest absolute Gasteiger partial charge is 0.150 e. The van der Waals surface area contributed by atoms with Crippen LogP contribution in [0.5, 0.6) is 5.75 Å². The van der Waals surface area contributed by atoms with E-state index < -0.39 is 0 Å². The first-order valence-corrected chi connectivity index (χ1v) is 4.65. The molecule has 0 spiro atoms. The summed E-state index contributed by atoms with van der Waals surface area (Å²) < 4.78 is 0. The highest BCUT2D eigenvalue weighted by molar-refractivity contribution is 5.87. The number of hydrogen-bond donors (Lipinski definition) is 1. The second-order valence-electron chi connectivity index (χ2n) is 3.25. The molecule has 0 atom stereocenters. The molecule has 0 unspecified atom stereocenters. The molecule has 2 aromatic rings. The number of hydrogen-bond acceptors (Lipinski definition) is 2. The van der Waals surface area contributed by atoms with Gasteiger partial charge in [-0.05, 0) is 23.3 Å². The van der Waals surface area contributed by atoms with E-state index in [1.165, 1.54) is 0 Å². The second-order valence-corrected chi connectivity index (χ2v) is 3.25. The van der Waals surface area contributed by atoms with Gasteiger partial charge in [-0.25, -0.2) is 0 Å². The Hall–Kier alpha value is -2.09. The molecule has 2 aromatic carbocycles. The molecule has 0 aliphatic carbocycles. The molecular weight excluding hydrogens is 188 g/mol. The van der Waals surface area contributed by atoms with Crippen molar-refractivity contribution in [2.75, 3.05) is 0 Å². The van der Waals surface area contributed by atoms with Crippen LogP contribution >= 0.6 is 0 Å². The minimum Gasteiger partial charge on any atom is -0.508 e. The minimum absolute atomic E-state index is 0.224. The van der Waals surface area contributed by atoms with Crippen molar-refractivity contribution < 1.29 is 9.90 Å². The average molecular weight is 198 g/mol.